The van der Waals surface area contributed by atoms with Gasteiger partial charge in [-0.1, -0.05) is 56.9 Å². The van der Waals surface area contributed by atoms with Gasteiger partial charge in [0.15, 0.2) is 5.78 Å². The fourth-order valence-electron chi connectivity index (χ4n) is 4.28. The number of H-pyrrole nitrogens is 1. The summed E-state index contributed by atoms with van der Waals surface area (Å²) in [4.78, 5) is 36.5. The summed E-state index contributed by atoms with van der Waals surface area (Å²) in [6, 6.07) is 6.01. The van der Waals surface area contributed by atoms with Crippen LogP contribution in [0.15, 0.2) is 47.3 Å². The Morgan fingerprint density at radius 3 is 2.85 bits per heavy atom. The van der Waals surface area contributed by atoms with E-state index in [1.54, 1.807) is 0 Å². The van der Waals surface area contributed by atoms with Crippen LogP contribution in [0.4, 0.5) is 0 Å². The standard InChI is InChI=1S/C27H31N3O3/c1-2-3-8-19-11-12-20-17-21(13-14-22(20)26(19)32)23-18-29-25(30-23)10-7-5-4-6-9-24(31)27-28-15-16-33-27/h11-19H,2-10H2,1H3,(H,29,30). The van der Waals surface area contributed by atoms with Gasteiger partial charge in [-0.25, -0.2) is 9.97 Å². The van der Waals surface area contributed by atoms with Gasteiger partial charge in [0.25, 0.3) is 5.89 Å². The lowest BCUT2D eigenvalue weighted by Gasteiger charge is -2.18. The van der Waals surface area contributed by atoms with Crippen LogP contribution in [0.2, 0.25) is 0 Å². The number of carbonyl (C=O) groups excluding carboxylic acids is 2. The van der Waals surface area contributed by atoms with E-state index < -0.39 is 0 Å². The molecule has 1 N–H and O–H groups in total. The number of nitrogens with zero attached hydrogens (tertiary/aromatic N) is 2. The van der Waals surface area contributed by atoms with Gasteiger partial charge in [-0.15, -0.1) is 0 Å². The number of carbonyl (C=O) groups is 2. The Kier molecular flexibility index (Phi) is 7.66. The van der Waals surface area contributed by atoms with Crippen molar-refractivity contribution in [1.29, 1.82) is 0 Å². The number of fused-ring (bicyclic) bond motifs is 1. The Morgan fingerprint density at radius 1 is 1.15 bits per heavy atom. The number of hydrogen-bond acceptors (Lipinski definition) is 5. The van der Waals surface area contributed by atoms with E-state index in [2.05, 4.69) is 35.1 Å². The highest BCUT2D eigenvalue weighted by Crippen LogP contribution is 2.30. The molecule has 1 aliphatic rings. The highest BCUT2D eigenvalue weighted by molar-refractivity contribution is 6.05. The smallest absolute Gasteiger partial charge is 0.263 e. The molecule has 4 rings (SSSR count). The number of rotatable bonds is 12. The third kappa shape index (κ3) is 5.75. The van der Waals surface area contributed by atoms with Crippen LogP contribution >= 0.6 is 0 Å². The number of imidazole rings is 1. The molecule has 2 heterocycles. The van der Waals surface area contributed by atoms with Crippen LogP contribution in [0.5, 0.6) is 0 Å². The summed E-state index contributed by atoms with van der Waals surface area (Å²) in [5.41, 5.74) is 3.72. The summed E-state index contributed by atoms with van der Waals surface area (Å²) >= 11 is 0. The Bertz CT molecular complexity index is 1110. The molecule has 0 fully saturated rings. The predicted octanol–water partition coefficient (Wildman–Crippen LogP) is 6.46. The highest BCUT2D eigenvalue weighted by atomic mass is 16.3. The molecule has 1 aliphatic carbocycles. The molecule has 0 aliphatic heterocycles. The van der Waals surface area contributed by atoms with Crippen LogP contribution in [-0.4, -0.2) is 26.5 Å². The number of nitrogens with one attached hydrogen (secondary N) is 1. The van der Waals surface area contributed by atoms with E-state index in [9.17, 15) is 9.59 Å². The fourth-order valence-corrected chi connectivity index (χ4v) is 4.28. The minimum Gasteiger partial charge on any atom is -0.442 e. The second-order valence-corrected chi connectivity index (χ2v) is 8.68. The van der Waals surface area contributed by atoms with Gasteiger partial charge in [0.1, 0.15) is 12.1 Å². The molecule has 1 atom stereocenters. The fraction of sp³-hybridized carbons (Fsp3) is 0.407. The molecular weight excluding hydrogens is 414 g/mol. The van der Waals surface area contributed by atoms with E-state index in [-0.39, 0.29) is 23.4 Å². The van der Waals surface area contributed by atoms with Crippen molar-refractivity contribution in [3.63, 3.8) is 0 Å². The first kappa shape index (κ1) is 22.9. The first-order valence-corrected chi connectivity index (χ1v) is 12.0. The van der Waals surface area contributed by atoms with E-state index >= 15 is 0 Å². The summed E-state index contributed by atoms with van der Waals surface area (Å²) in [6.45, 7) is 2.15. The summed E-state index contributed by atoms with van der Waals surface area (Å²) < 4.78 is 5.03. The third-order valence-corrected chi connectivity index (χ3v) is 6.20. The number of aromatic amines is 1. The second-order valence-electron chi connectivity index (χ2n) is 8.68. The SMILES string of the molecule is CCCCC1C=Cc2cc(-c3c[nH]c(CCCCCCC(=O)c4ncco4)n3)ccc2C1=O. The normalized spacial score (nSPS) is 15.1. The molecule has 6 nitrogen and oxygen atoms in total. The van der Waals surface area contributed by atoms with Gasteiger partial charge in [0.05, 0.1) is 11.9 Å². The van der Waals surface area contributed by atoms with Crippen LogP contribution in [0.1, 0.15) is 90.7 Å². The maximum absolute atomic E-state index is 12.8. The van der Waals surface area contributed by atoms with Gasteiger partial charge < -0.3 is 9.40 Å². The second kappa shape index (κ2) is 11.0. The molecule has 3 aromatic rings. The number of benzene rings is 1. The van der Waals surface area contributed by atoms with Crippen LogP contribution < -0.4 is 0 Å². The van der Waals surface area contributed by atoms with Crippen molar-refractivity contribution >= 4 is 17.6 Å². The summed E-state index contributed by atoms with van der Waals surface area (Å²) in [5, 5.41) is 0. The molecule has 33 heavy (non-hydrogen) atoms. The van der Waals surface area contributed by atoms with Crippen LogP contribution in [0.3, 0.4) is 0 Å². The monoisotopic (exact) mass is 445 g/mol. The van der Waals surface area contributed by atoms with Crippen molar-refractivity contribution in [3.8, 4) is 11.3 Å². The van der Waals surface area contributed by atoms with Crippen molar-refractivity contribution in [2.45, 2.75) is 64.7 Å². The maximum Gasteiger partial charge on any atom is 0.263 e. The van der Waals surface area contributed by atoms with Crippen LogP contribution in [0.25, 0.3) is 17.3 Å². The molecule has 1 aromatic carbocycles. The average molecular weight is 446 g/mol. The van der Waals surface area contributed by atoms with Crippen molar-refractivity contribution in [3.05, 3.63) is 65.8 Å². The minimum atomic E-state index is -0.0336. The Morgan fingerprint density at radius 2 is 2.03 bits per heavy atom. The molecule has 6 heteroatoms. The topological polar surface area (TPSA) is 88.8 Å². The van der Waals surface area contributed by atoms with E-state index in [1.165, 1.54) is 12.5 Å². The van der Waals surface area contributed by atoms with Crippen molar-refractivity contribution in [2.24, 2.45) is 5.92 Å². The Labute approximate surface area is 194 Å². The largest absolute Gasteiger partial charge is 0.442 e. The van der Waals surface area contributed by atoms with Crippen LogP contribution in [-0.2, 0) is 6.42 Å². The van der Waals surface area contributed by atoms with Crippen LogP contribution in [0, 0.1) is 5.92 Å². The van der Waals surface area contributed by atoms with Gasteiger partial charge in [0, 0.05) is 36.1 Å². The summed E-state index contributed by atoms with van der Waals surface area (Å²) in [6.07, 6.45) is 17.3. The highest BCUT2D eigenvalue weighted by Gasteiger charge is 2.23. The molecule has 0 bridgehead atoms. The molecule has 0 saturated heterocycles. The third-order valence-electron chi connectivity index (χ3n) is 6.20. The van der Waals surface area contributed by atoms with E-state index in [0.29, 0.717) is 6.42 Å². The molecular formula is C27H31N3O3. The van der Waals surface area contributed by atoms with Gasteiger partial charge in [-0.2, -0.15) is 0 Å². The predicted molar refractivity (Wildman–Crippen MR) is 128 cm³/mol. The number of ketones is 2. The van der Waals surface area contributed by atoms with Crippen molar-refractivity contribution in [1.82, 2.24) is 15.0 Å². The van der Waals surface area contributed by atoms with Gasteiger partial charge in [0.2, 0.25) is 5.78 Å². The lowest BCUT2D eigenvalue weighted by Crippen LogP contribution is -2.17. The zero-order chi connectivity index (χ0) is 23.0. The minimum absolute atomic E-state index is 0.0141. The number of allylic oxidation sites excluding steroid dienone is 1. The molecule has 0 amide bonds. The van der Waals surface area contributed by atoms with E-state index in [0.717, 1.165) is 79.6 Å². The Hall–Kier alpha value is -3.28. The number of oxazole rings is 1. The number of unbranched alkanes of at least 4 members (excludes halogenated alkanes) is 4. The first-order chi connectivity index (χ1) is 16.2. The number of hydrogen-bond donors (Lipinski definition) is 1. The molecule has 0 saturated carbocycles. The molecule has 2 aromatic heterocycles. The van der Waals surface area contributed by atoms with Gasteiger partial charge in [-0.3, -0.25) is 9.59 Å². The van der Waals surface area contributed by atoms with Crippen molar-refractivity contribution < 1.29 is 14.0 Å². The summed E-state index contributed by atoms with van der Waals surface area (Å²) in [5.74, 6) is 1.38. The molecule has 172 valence electrons. The molecule has 0 spiro atoms. The first-order valence-electron chi connectivity index (χ1n) is 12.0. The molecule has 1 unspecified atom stereocenters. The zero-order valence-electron chi connectivity index (χ0n) is 19.2. The number of Topliss-reactive ketones (excluding diaryl/α,β-unsaturated/α-hetero) is 2. The quantitative estimate of drug-likeness (QED) is 0.255. The van der Waals surface area contributed by atoms with E-state index in [4.69, 9.17) is 9.40 Å². The zero-order valence-corrected chi connectivity index (χ0v) is 19.2. The lowest BCUT2D eigenvalue weighted by molar-refractivity contribution is 0.0933. The van der Waals surface area contributed by atoms with E-state index in [1.807, 2.05) is 18.3 Å². The van der Waals surface area contributed by atoms with Gasteiger partial charge >= 0.3 is 0 Å². The average Bonchev–Trinajstić information content (AvgIpc) is 3.53. The number of aryl methyl sites for hydroxylation is 1. The lowest BCUT2D eigenvalue weighted by atomic mass is 9.84. The molecule has 0 radical (unpaired) electrons. The summed E-state index contributed by atoms with van der Waals surface area (Å²) in [7, 11) is 0. The van der Waals surface area contributed by atoms with Crippen molar-refractivity contribution in [2.75, 3.05) is 0 Å². The maximum atomic E-state index is 12.8. The van der Waals surface area contributed by atoms with Gasteiger partial charge in [-0.05, 0) is 30.9 Å². The Balaban J connectivity index is 1.25. The number of aromatic nitrogens is 3.